The topological polar surface area (TPSA) is 83.6 Å². The van der Waals surface area contributed by atoms with Crippen molar-refractivity contribution < 1.29 is 32.4 Å². The summed E-state index contributed by atoms with van der Waals surface area (Å²) in [6.07, 6.45) is -0.548. The van der Waals surface area contributed by atoms with Crippen molar-refractivity contribution in [3.05, 3.63) is 54.1 Å². The number of anilines is 2. The molecule has 1 amide bonds. The van der Waals surface area contributed by atoms with Gasteiger partial charge in [-0.15, -0.1) is 9.32 Å². The van der Waals surface area contributed by atoms with Crippen LogP contribution in [0.4, 0.5) is 25.0 Å². The van der Waals surface area contributed by atoms with E-state index in [2.05, 4.69) is 5.43 Å². The average Bonchev–Trinajstić information content (AvgIpc) is 3.05. The van der Waals surface area contributed by atoms with Gasteiger partial charge in [-0.1, -0.05) is 23.4 Å². The smallest absolute Gasteiger partial charge is 0.414 e. The second kappa shape index (κ2) is 11.8. The highest BCUT2D eigenvalue weighted by Gasteiger charge is 2.33. The van der Waals surface area contributed by atoms with E-state index in [9.17, 15) is 9.59 Å². The van der Waals surface area contributed by atoms with E-state index in [0.29, 0.717) is 19.5 Å². The predicted octanol–water partition coefficient (Wildman–Crippen LogP) is 3.86. The van der Waals surface area contributed by atoms with E-state index in [-0.39, 0.29) is 43.2 Å². The summed E-state index contributed by atoms with van der Waals surface area (Å²) in [5, 5.41) is 1.36. The largest absolute Gasteiger partial charge is 0.444 e. The number of carbonyl (C=O) groups excluding carboxylic acids is 2. The molecule has 0 radical (unpaired) electrons. The third-order valence-electron chi connectivity index (χ3n) is 5.56. The fourth-order valence-electron chi connectivity index (χ4n) is 3.82. The number of hydrogen-bond acceptors (Lipinski definition) is 9. The number of hydrazine groups is 1. The Morgan fingerprint density at radius 3 is 2.63 bits per heavy atom. The number of hydrogen-bond donors (Lipinski definition) is 1. The van der Waals surface area contributed by atoms with Crippen LogP contribution >= 0.6 is 12.0 Å². The summed E-state index contributed by atoms with van der Waals surface area (Å²) < 4.78 is 40.5. The third-order valence-corrected chi connectivity index (χ3v) is 6.15. The number of rotatable bonds is 9. The summed E-state index contributed by atoms with van der Waals surface area (Å²) in [5.74, 6) is -1.59. The number of nitrogens with one attached hydrogen (secondary N) is 1. The molecule has 0 spiro atoms. The van der Waals surface area contributed by atoms with E-state index < -0.39 is 23.8 Å². The van der Waals surface area contributed by atoms with Crippen molar-refractivity contribution in [3.63, 3.8) is 0 Å². The van der Waals surface area contributed by atoms with Crippen molar-refractivity contribution in [3.8, 4) is 0 Å². The normalized spacial score (nSPS) is 19.1. The molecule has 4 rings (SSSR count). The first-order valence-electron chi connectivity index (χ1n) is 11.2. The van der Waals surface area contributed by atoms with Crippen LogP contribution in [-0.4, -0.2) is 55.9 Å². The summed E-state index contributed by atoms with van der Waals surface area (Å²) in [5.41, 5.74) is 2.88. The number of carbonyl (C=O) groups is 2. The van der Waals surface area contributed by atoms with Gasteiger partial charge in [-0.3, -0.25) is 4.90 Å². The molecular formula is C23H26F2N4O5S. The fourth-order valence-corrected chi connectivity index (χ4v) is 4.27. The van der Waals surface area contributed by atoms with Crippen LogP contribution in [-0.2, 0) is 18.9 Å². The van der Waals surface area contributed by atoms with Gasteiger partial charge in [-0.25, -0.2) is 19.0 Å². The monoisotopic (exact) mass is 508 g/mol. The Hall–Kier alpha value is -2.77. The molecule has 2 aliphatic rings. The number of amides is 1. The first kappa shape index (κ1) is 25.3. The van der Waals surface area contributed by atoms with Crippen molar-refractivity contribution in [2.75, 3.05) is 42.5 Å². The number of nitrogens with zero attached hydrogens (tertiary/aromatic N) is 3. The summed E-state index contributed by atoms with van der Waals surface area (Å²) in [6, 6.07) is 11.6. The third kappa shape index (κ3) is 6.67. The fraction of sp³-hybridized carbons (Fsp3) is 0.391. The Bertz CT molecular complexity index is 1020. The number of ether oxygens (including phenoxy) is 1. The van der Waals surface area contributed by atoms with Crippen molar-refractivity contribution in [2.45, 2.75) is 30.8 Å². The van der Waals surface area contributed by atoms with E-state index >= 15 is 8.78 Å². The van der Waals surface area contributed by atoms with Crippen LogP contribution in [0.15, 0.2) is 47.4 Å². The molecule has 2 aromatic rings. The molecule has 2 heterocycles. The highest BCUT2D eigenvalue weighted by Crippen LogP contribution is 2.32. The van der Waals surface area contributed by atoms with E-state index in [0.717, 1.165) is 29.1 Å². The molecule has 0 aliphatic carbocycles. The molecule has 188 valence electrons. The molecule has 35 heavy (non-hydrogen) atoms. The van der Waals surface area contributed by atoms with E-state index in [4.69, 9.17) is 14.1 Å². The predicted molar refractivity (Wildman–Crippen MR) is 125 cm³/mol. The molecule has 2 fully saturated rings. The van der Waals surface area contributed by atoms with Gasteiger partial charge in [0.25, 0.3) is 0 Å². The second-order valence-corrected chi connectivity index (χ2v) is 8.93. The molecule has 0 bridgehead atoms. The summed E-state index contributed by atoms with van der Waals surface area (Å²) in [6.45, 7) is 2.79. The molecule has 0 unspecified atom stereocenters. The number of cyclic esters (lactones) is 1. The second-order valence-electron chi connectivity index (χ2n) is 8.15. The Morgan fingerprint density at radius 1 is 1.17 bits per heavy atom. The zero-order valence-corrected chi connectivity index (χ0v) is 19.9. The zero-order chi connectivity index (χ0) is 24.8. The van der Waals surface area contributed by atoms with Crippen molar-refractivity contribution >= 4 is 35.3 Å². The van der Waals surface area contributed by atoms with Crippen LogP contribution < -0.4 is 15.2 Å². The maximum absolute atomic E-state index is 15.0. The van der Waals surface area contributed by atoms with Crippen LogP contribution in [0, 0.1) is 11.6 Å². The molecule has 1 atom stereocenters. The van der Waals surface area contributed by atoms with Crippen LogP contribution in [0.2, 0.25) is 0 Å². The average molecular weight is 509 g/mol. The van der Waals surface area contributed by atoms with Gasteiger partial charge < -0.3 is 14.4 Å². The Kier molecular flexibility index (Phi) is 8.52. The lowest BCUT2D eigenvalue weighted by Gasteiger charge is -2.24. The van der Waals surface area contributed by atoms with E-state index in [1.54, 1.807) is 4.90 Å². The molecule has 2 saturated heterocycles. The minimum Gasteiger partial charge on any atom is -0.444 e. The van der Waals surface area contributed by atoms with Gasteiger partial charge >= 0.3 is 6.09 Å². The van der Waals surface area contributed by atoms with Gasteiger partial charge in [0.05, 0.1) is 30.8 Å². The van der Waals surface area contributed by atoms with Gasteiger partial charge in [0.1, 0.15) is 17.6 Å². The highest BCUT2D eigenvalue weighted by molar-refractivity contribution is 7.94. The lowest BCUT2D eigenvalue weighted by Crippen LogP contribution is -2.38. The minimum absolute atomic E-state index is 0.0154. The van der Waals surface area contributed by atoms with E-state index in [1.807, 2.05) is 30.3 Å². The first-order valence-corrected chi connectivity index (χ1v) is 11.9. The molecule has 9 nitrogen and oxygen atoms in total. The molecule has 12 heteroatoms. The SMILES string of the molecule is CC(=O)CC[C@H]1CN(c2cc(F)c(N3CCNN(OOSc4ccccc4)CC3)c(F)c2)C(=O)O1. The summed E-state index contributed by atoms with van der Waals surface area (Å²) in [4.78, 5) is 32.3. The van der Waals surface area contributed by atoms with Crippen LogP contribution in [0.5, 0.6) is 0 Å². The number of hydroxylamine groups is 1. The maximum Gasteiger partial charge on any atom is 0.414 e. The van der Waals surface area contributed by atoms with Gasteiger partial charge in [-0.2, -0.15) is 0 Å². The number of benzene rings is 2. The van der Waals surface area contributed by atoms with Crippen molar-refractivity contribution in [1.82, 2.24) is 10.6 Å². The van der Waals surface area contributed by atoms with Gasteiger partial charge in [0, 0.05) is 43.1 Å². The molecule has 2 aliphatic heterocycles. The van der Waals surface area contributed by atoms with E-state index in [1.165, 1.54) is 17.0 Å². The van der Waals surface area contributed by atoms with Crippen LogP contribution in [0.25, 0.3) is 0 Å². The van der Waals surface area contributed by atoms with Crippen molar-refractivity contribution in [1.29, 1.82) is 0 Å². The van der Waals surface area contributed by atoms with Crippen LogP contribution in [0.1, 0.15) is 19.8 Å². The standard InChI is InChI=1S/C23H26F2N4O5S/c1-16(30)7-8-18-15-28(23(31)32-18)17-13-20(24)22(21(25)14-17)27-10-9-26-29(12-11-27)33-34-35-19-5-3-2-4-6-19/h2-6,13-14,18,26H,7-12,15H2,1H3/t18-/m0/s1. The zero-order valence-electron chi connectivity index (χ0n) is 19.1. The van der Waals surface area contributed by atoms with Gasteiger partial charge in [0.2, 0.25) is 0 Å². The molecule has 1 N–H and O–H groups in total. The lowest BCUT2D eigenvalue weighted by atomic mass is 10.1. The quantitative estimate of drug-likeness (QED) is 0.308. The Labute approximate surface area is 206 Å². The number of Topliss-reactive ketones (excluding diaryl/α,β-unsaturated/α-hetero) is 1. The van der Waals surface area contributed by atoms with Gasteiger partial charge in [0.15, 0.2) is 11.6 Å². The first-order chi connectivity index (χ1) is 16.9. The lowest BCUT2D eigenvalue weighted by molar-refractivity contribution is -0.377. The Morgan fingerprint density at radius 2 is 1.91 bits per heavy atom. The minimum atomic E-state index is -0.787. The highest BCUT2D eigenvalue weighted by atomic mass is 32.2. The van der Waals surface area contributed by atoms with Crippen LogP contribution in [0.3, 0.4) is 0 Å². The molecule has 0 saturated carbocycles. The van der Waals surface area contributed by atoms with Gasteiger partial charge in [-0.05, 0) is 25.5 Å². The Balaban J connectivity index is 1.35. The summed E-state index contributed by atoms with van der Waals surface area (Å²) >= 11 is 1.04. The number of halogens is 2. The molecule has 0 aromatic heterocycles. The number of ketones is 1. The van der Waals surface area contributed by atoms with Crippen molar-refractivity contribution in [2.24, 2.45) is 0 Å². The summed E-state index contributed by atoms with van der Waals surface area (Å²) in [7, 11) is 0. The maximum atomic E-state index is 15.0. The molecule has 2 aromatic carbocycles. The molecular weight excluding hydrogens is 482 g/mol.